The molecule has 1 aromatic heterocycles. The van der Waals surface area contributed by atoms with E-state index in [0.717, 1.165) is 25.4 Å². The Kier molecular flexibility index (Phi) is 4.31. The number of hydrogen-bond donors (Lipinski definition) is 2. The van der Waals surface area contributed by atoms with Crippen molar-refractivity contribution in [3.05, 3.63) is 22.8 Å². The SMILES string of the molecule is NNc1cc(C(=O)N2CCC3CCCCC3C2)cc(Cl)n1. The first kappa shape index (κ1) is 14.6. The van der Waals surface area contributed by atoms with E-state index in [1.54, 1.807) is 12.1 Å². The van der Waals surface area contributed by atoms with E-state index in [-0.39, 0.29) is 11.1 Å². The predicted octanol–water partition coefficient (Wildman–Crippen LogP) is 2.67. The molecule has 1 amide bonds. The first-order chi connectivity index (χ1) is 10.2. The molecule has 21 heavy (non-hydrogen) atoms. The van der Waals surface area contributed by atoms with Gasteiger partial charge in [0.25, 0.3) is 5.91 Å². The smallest absolute Gasteiger partial charge is 0.254 e. The Labute approximate surface area is 129 Å². The van der Waals surface area contributed by atoms with Crippen molar-refractivity contribution in [2.45, 2.75) is 32.1 Å². The average molecular weight is 309 g/mol. The number of nitrogens with zero attached hydrogens (tertiary/aromatic N) is 2. The van der Waals surface area contributed by atoms with E-state index in [2.05, 4.69) is 10.4 Å². The Morgan fingerprint density at radius 3 is 2.81 bits per heavy atom. The average Bonchev–Trinajstić information content (AvgIpc) is 2.53. The number of hydrogen-bond acceptors (Lipinski definition) is 4. The molecular weight excluding hydrogens is 288 g/mol. The van der Waals surface area contributed by atoms with Crippen molar-refractivity contribution in [3.63, 3.8) is 0 Å². The molecule has 5 nitrogen and oxygen atoms in total. The summed E-state index contributed by atoms with van der Waals surface area (Å²) in [4.78, 5) is 18.6. The summed E-state index contributed by atoms with van der Waals surface area (Å²) in [6.45, 7) is 1.71. The molecule has 0 bridgehead atoms. The zero-order chi connectivity index (χ0) is 14.8. The van der Waals surface area contributed by atoms with Gasteiger partial charge in [-0.15, -0.1) is 0 Å². The number of nitrogen functional groups attached to an aromatic ring is 1. The normalized spacial score (nSPS) is 25.3. The highest BCUT2D eigenvalue weighted by Crippen LogP contribution is 2.36. The van der Waals surface area contributed by atoms with E-state index in [0.29, 0.717) is 17.3 Å². The number of likely N-dealkylation sites (tertiary alicyclic amines) is 1. The van der Waals surface area contributed by atoms with Gasteiger partial charge in [0.05, 0.1) is 0 Å². The molecule has 3 N–H and O–H groups in total. The number of anilines is 1. The fourth-order valence-electron chi connectivity index (χ4n) is 3.66. The molecule has 1 aliphatic heterocycles. The first-order valence-electron chi connectivity index (χ1n) is 7.61. The monoisotopic (exact) mass is 308 g/mol. The van der Waals surface area contributed by atoms with Crippen LogP contribution < -0.4 is 11.3 Å². The molecule has 0 aromatic carbocycles. The molecule has 2 fully saturated rings. The van der Waals surface area contributed by atoms with Gasteiger partial charge in [0.15, 0.2) is 0 Å². The molecule has 114 valence electrons. The number of halogens is 1. The molecule has 1 aliphatic carbocycles. The molecule has 3 rings (SSSR count). The molecule has 1 saturated carbocycles. The number of fused-ring (bicyclic) bond motifs is 1. The lowest BCUT2D eigenvalue weighted by molar-refractivity contribution is 0.0521. The van der Waals surface area contributed by atoms with E-state index in [4.69, 9.17) is 17.4 Å². The van der Waals surface area contributed by atoms with Crippen LogP contribution in [-0.4, -0.2) is 28.9 Å². The zero-order valence-electron chi connectivity index (χ0n) is 12.0. The highest BCUT2D eigenvalue weighted by Gasteiger charge is 2.33. The van der Waals surface area contributed by atoms with Crippen molar-refractivity contribution < 1.29 is 4.79 Å². The fraction of sp³-hybridized carbons (Fsp3) is 0.600. The fourth-order valence-corrected chi connectivity index (χ4v) is 3.87. The Balaban J connectivity index is 1.74. The van der Waals surface area contributed by atoms with Gasteiger partial charge < -0.3 is 10.3 Å². The van der Waals surface area contributed by atoms with Crippen LogP contribution in [-0.2, 0) is 0 Å². The van der Waals surface area contributed by atoms with Gasteiger partial charge in [0.1, 0.15) is 11.0 Å². The third-order valence-corrected chi connectivity index (χ3v) is 4.96. The number of piperidine rings is 1. The number of carbonyl (C=O) groups is 1. The van der Waals surface area contributed by atoms with E-state index in [1.807, 2.05) is 4.90 Å². The van der Waals surface area contributed by atoms with Gasteiger partial charge in [-0.3, -0.25) is 4.79 Å². The molecule has 2 heterocycles. The topological polar surface area (TPSA) is 71.2 Å². The number of hydrazine groups is 1. The van der Waals surface area contributed by atoms with E-state index in [9.17, 15) is 4.79 Å². The summed E-state index contributed by atoms with van der Waals surface area (Å²) in [7, 11) is 0. The number of amides is 1. The molecular formula is C15H21ClN4O. The second-order valence-corrected chi connectivity index (χ2v) is 6.44. The van der Waals surface area contributed by atoms with Crippen LogP contribution in [0, 0.1) is 11.8 Å². The summed E-state index contributed by atoms with van der Waals surface area (Å²) in [5.74, 6) is 7.28. The van der Waals surface area contributed by atoms with E-state index in [1.165, 1.54) is 25.7 Å². The second kappa shape index (κ2) is 6.20. The van der Waals surface area contributed by atoms with Crippen LogP contribution in [0.3, 0.4) is 0 Å². The lowest BCUT2D eigenvalue weighted by atomic mass is 9.75. The molecule has 1 aromatic rings. The summed E-state index contributed by atoms with van der Waals surface area (Å²) in [6.07, 6.45) is 6.35. The Morgan fingerprint density at radius 1 is 1.29 bits per heavy atom. The van der Waals surface area contributed by atoms with Crippen molar-refractivity contribution >= 4 is 23.3 Å². The minimum absolute atomic E-state index is 0.0276. The van der Waals surface area contributed by atoms with Crippen molar-refractivity contribution in [2.24, 2.45) is 17.7 Å². The van der Waals surface area contributed by atoms with Crippen LogP contribution in [0.25, 0.3) is 0 Å². The van der Waals surface area contributed by atoms with Gasteiger partial charge in [-0.05, 0) is 36.8 Å². The van der Waals surface area contributed by atoms with Crippen molar-refractivity contribution in [1.82, 2.24) is 9.88 Å². The quantitative estimate of drug-likeness (QED) is 0.500. The lowest BCUT2D eigenvalue weighted by Gasteiger charge is -2.41. The van der Waals surface area contributed by atoms with Crippen LogP contribution in [0.5, 0.6) is 0 Å². The molecule has 0 spiro atoms. The summed E-state index contributed by atoms with van der Waals surface area (Å²) in [6, 6.07) is 3.26. The van der Waals surface area contributed by atoms with Gasteiger partial charge >= 0.3 is 0 Å². The maximum Gasteiger partial charge on any atom is 0.254 e. The molecule has 2 aliphatic rings. The number of rotatable bonds is 2. The summed E-state index contributed by atoms with van der Waals surface area (Å²) >= 11 is 5.95. The number of nitrogens with one attached hydrogen (secondary N) is 1. The minimum atomic E-state index is 0.0276. The van der Waals surface area contributed by atoms with Crippen LogP contribution >= 0.6 is 11.6 Å². The van der Waals surface area contributed by atoms with Crippen molar-refractivity contribution in [3.8, 4) is 0 Å². The van der Waals surface area contributed by atoms with Crippen molar-refractivity contribution in [1.29, 1.82) is 0 Å². The molecule has 0 radical (unpaired) electrons. The standard InChI is InChI=1S/C15H21ClN4O/c16-13-7-12(8-14(18-13)19-17)15(21)20-6-5-10-3-1-2-4-11(10)9-20/h7-8,10-11H,1-6,9,17H2,(H,18,19). The number of pyridine rings is 1. The largest absolute Gasteiger partial charge is 0.338 e. The molecule has 2 atom stereocenters. The summed E-state index contributed by atoms with van der Waals surface area (Å²) in [5.41, 5.74) is 3.00. The Bertz CT molecular complexity index is 536. The number of nitrogens with two attached hydrogens (primary N) is 1. The molecule has 2 unspecified atom stereocenters. The highest BCUT2D eigenvalue weighted by molar-refractivity contribution is 6.29. The van der Waals surface area contributed by atoms with Gasteiger partial charge in [-0.25, -0.2) is 10.8 Å². The third-order valence-electron chi connectivity index (χ3n) is 4.77. The maximum atomic E-state index is 12.7. The Hall–Kier alpha value is -1.33. The lowest BCUT2D eigenvalue weighted by Crippen LogP contribution is -2.44. The maximum absolute atomic E-state index is 12.7. The Morgan fingerprint density at radius 2 is 2.05 bits per heavy atom. The highest BCUT2D eigenvalue weighted by atomic mass is 35.5. The third kappa shape index (κ3) is 3.14. The van der Waals surface area contributed by atoms with Crippen LogP contribution in [0.2, 0.25) is 5.15 Å². The van der Waals surface area contributed by atoms with E-state index >= 15 is 0 Å². The van der Waals surface area contributed by atoms with Gasteiger partial charge in [0.2, 0.25) is 0 Å². The number of aromatic nitrogens is 1. The van der Waals surface area contributed by atoms with Crippen LogP contribution in [0.4, 0.5) is 5.82 Å². The summed E-state index contributed by atoms with van der Waals surface area (Å²) < 4.78 is 0. The first-order valence-corrected chi connectivity index (χ1v) is 7.98. The molecule has 1 saturated heterocycles. The van der Waals surface area contributed by atoms with E-state index < -0.39 is 0 Å². The van der Waals surface area contributed by atoms with Gasteiger partial charge in [-0.1, -0.05) is 30.9 Å². The van der Waals surface area contributed by atoms with Crippen molar-refractivity contribution in [2.75, 3.05) is 18.5 Å². The zero-order valence-corrected chi connectivity index (χ0v) is 12.8. The van der Waals surface area contributed by atoms with Crippen LogP contribution in [0.1, 0.15) is 42.5 Å². The second-order valence-electron chi connectivity index (χ2n) is 6.05. The van der Waals surface area contributed by atoms with Gasteiger partial charge in [-0.2, -0.15) is 0 Å². The van der Waals surface area contributed by atoms with Gasteiger partial charge in [0, 0.05) is 18.7 Å². The van der Waals surface area contributed by atoms with Crippen LogP contribution in [0.15, 0.2) is 12.1 Å². The number of carbonyl (C=O) groups excluding carboxylic acids is 1. The minimum Gasteiger partial charge on any atom is -0.338 e. The summed E-state index contributed by atoms with van der Waals surface area (Å²) in [5, 5.41) is 0.279. The molecule has 6 heteroatoms. The predicted molar refractivity (Wildman–Crippen MR) is 83.0 cm³/mol.